The molecule has 9 heteroatoms. The van der Waals surface area contributed by atoms with Gasteiger partial charge in [0.1, 0.15) is 4.90 Å². The molecular weight excluding hydrogens is 301 g/mol. The average molecular weight is 321 g/mol. The predicted octanol–water partition coefficient (Wildman–Crippen LogP) is 0.922. The van der Waals surface area contributed by atoms with Crippen LogP contribution in [0.2, 0.25) is 0 Å². The molecule has 7 nitrogen and oxygen atoms in total. The van der Waals surface area contributed by atoms with Crippen molar-refractivity contribution in [1.82, 2.24) is 14.8 Å². The van der Waals surface area contributed by atoms with E-state index >= 15 is 0 Å². The number of nitrogens with one attached hydrogen (secondary N) is 2. The van der Waals surface area contributed by atoms with Crippen molar-refractivity contribution in [3.8, 4) is 0 Å². The lowest BCUT2D eigenvalue weighted by molar-refractivity contribution is 0.0509. The van der Waals surface area contributed by atoms with E-state index in [2.05, 4.69) is 10.3 Å². The van der Waals surface area contributed by atoms with Crippen LogP contribution in [-0.2, 0) is 21.8 Å². The summed E-state index contributed by atoms with van der Waals surface area (Å²) < 4.78 is 44.1. The number of hydrogen-bond acceptors (Lipinski definition) is 5. The number of hydrazine groups is 1. The largest absolute Gasteiger partial charge is 0.461 e. The fourth-order valence-electron chi connectivity index (χ4n) is 1.46. The molecule has 0 radical (unpaired) electrons. The maximum Gasteiger partial charge on any atom is 0.358 e. The van der Waals surface area contributed by atoms with E-state index in [0.717, 1.165) is 10.8 Å². The summed E-state index contributed by atoms with van der Waals surface area (Å²) in [5, 5.41) is 0. The molecule has 0 saturated carbocycles. The highest BCUT2D eigenvalue weighted by Crippen LogP contribution is 2.20. The van der Waals surface area contributed by atoms with E-state index in [0.29, 0.717) is 0 Å². The molecule has 0 aliphatic carbocycles. The Morgan fingerprint density at radius 1 is 1.43 bits per heavy atom. The lowest BCUT2D eigenvalue weighted by Gasteiger charge is -2.20. The first-order chi connectivity index (χ1) is 9.49. The summed E-state index contributed by atoms with van der Waals surface area (Å²) in [6.07, 6.45) is 1.02. The molecule has 0 aliphatic heterocycles. The van der Waals surface area contributed by atoms with Gasteiger partial charge >= 0.3 is 5.97 Å². The van der Waals surface area contributed by atoms with Crippen LogP contribution in [0.1, 0.15) is 38.2 Å². The number of rotatable bonds is 5. The Morgan fingerprint density at radius 3 is 2.48 bits per heavy atom. The molecule has 1 aromatic heterocycles. The predicted molar refractivity (Wildman–Crippen MR) is 74.5 cm³/mol. The van der Waals surface area contributed by atoms with Crippen molar-refractivity contribution in [3.05, 3.63) is 17.7 Å². The van der Waals surface area contributed by atoms with E-state index in [1.54, 1.807) is 27.7 Å². The summed E-state index contributed by atoms with van der Waals surface area (Å²) >= 11 is 0. The first-order valence-electron chi connectivity index (χ1n) is 6.30. The van der Waals surface area contributed by atoms with Gasteiger partial charge in [0.25, 0.3) is 10.0 Å². The molecule has 1 heterocycles. The lowest BCUT2D eigenvalue weighted by Crippen LogP contribution is -2.48. The van der Waals surface area contributed by atoms with Crippen molar-refractivity contribution in [2.45, 2.75) is 38.1 Å². The molecular formula is C12H20FN3O4S. The number of carbonyl (C=O) groups excluding carboxylic acids is 1. The van der Waals surface area contributed by atoms with Crippen molar-refractivity contribution in [3.63, 3.8) is 0 Å². The third kappa shape index (κ3) is 4.26. The second-order valence-corrected chi connectivity index (χ2v) is 7.12. The highest BCUT2D eigenvalue weighted by molar-refractivity contribution is 7.89. The number of carbonyl (C=O) groups is 1. The summed E-state index contributed by atoms with van der Waals surface area (Å²) in [4.78, 5) is 13.1. The molecule has 120 valence electrons. The lowest BCUT2D eigenvalue weighted by atomic mass is 10.1. The Labute approximate surface area is 123 Å². The van der Waals surface area contributed by atoms with Gasteiger partial charge in [-0.2, -0.15) is 0 Å². The van der Waals surface area contributed by atoms with Crippen LogP contribution in [0.25, 0.3) is 0 Å². The Hall–Kier alpha value is -1.45. The van der Waals surface area contributed by atoms with Gasteiger partial charge in [-0.05, 0) is 27.7 Å². The second-order valence-electron chi connectivity index (χ2n) is 5.47. The quantitative estimate of drug-likeness (QED) is 0.622. The van der Waals surface area contributed by atoms with Crippen LogP contribution >= 0.6 is 0 Å². The highest BCUT2D eigenvalue weighted by Gasteiger charge is 2.29. The minimum absolute atomic E-state index is 0.0648. The average Bonchev–Trinajstić information content (AvgIpc) is 2.63. The maximum absolute atomic E-state index is 14.2. The summed E-state index contributed by atoms with van der Waals surface area (Å²) in [6.45, 7) is 6.85. The van der Waals surface area contributed by atoms with Crippen LogP contribution in [0.3, 0.4) is 0 Å². The number of halogens is 1. The first-order valence-corrected chi connectivity index (χ1v) is 7.79. The number of nitrogens with zero attached hydrogens (tertiary/aromatic N) is 1. The normalized spacial score (nSPS) is 12.5. The number of esters is 1. The number of sulfonamides is 1. The highest BCUT2D eigenvalue weighted by atomic mass is 32.2. The van der Waals surface area contributed by atoms with Gasteiger partial charge in [0.05, 0.1) is 6.61 Å². The smallest absolute Gasteiger partial charge is 0.358 e. The summed E-state index contributed by atoms with van der Waals surface area (Å²) in [5.41, 5.74) is 1.56. The van der Waals surface area contributed by atoms with Crippen molar-refractivity contribution < 1.29 is 22.3 Å². The molecule has 1 aromatic rings. The van der Waals surface area contributed by atoms with Crippen molar-refractivity contribution in [2.24, 2.45) is 7.05 Å². The van der Waals surface area contributed by atoms with Crippen LogP contribution in [0.5, 0.6) is 0 Å². The number of aromatic nitrogens is 1. The van der Waals surface area contributed by atoms with Gasteiger partial charge < -0.3 is 9.30 Å². The van der Waals surface area contributed by atoms with E-state index in [1.165, 1.54) is 7.05 Å². The fraction of sp³-hybridized carbons (Fsp3) is 0.583. The minimum atomic E-state index is -4.14. The van der Waals surface area contributed by atoms with Gasteiger partial charge in [0.15, 0.2) is 11.5 Å². The van der Waals surface area contributed by atoms with Gasteiger partial charge in [-0.25, -0.2) is 23.0 Å². The van der Waals surface area contributed by atoms with Gasteiger partial charge in [0.2, 0.25) is 0 Å². The van der Waals surface area contributed by atoms with Crippen LogP contribution < -0.4 is 10.3 Å². The van der Waals surface area contributed by atoms with Gasteiger partial charge in [-0.15, -0.1) is 4.83 Å². The van der Waals surface area contributed by atoms with Crippen LogP contribution in [0.4, 0.5) is 4.39 Å². The molecule has 0 unspecified atom stereocenters. The molecule has 0 amide bonds. The summed E-state index contributed by atoms with van der Waals surface area (Å²) in [6, 6.07) is 0. The molecule has 2 N–H and O–H groups in total. The van der Waals surface area contributed by atoms with E-state index in [1.807, 2.05) is 0 Å². The second kappa shape index (κ2) is 6.12. The van der Waals surface area contributed by atoms with Gasteiger partial charge in [0, 0.05) is 18.8 Å². The SMILES string of the molecule is CCOC(=O)c1c(F)c(S(=O)(=O)NNC(C)(C)C)cn1C. The van der Waals surface area contributed by atoms with Crippen LogP contribution in [0.15, 0.2) is 11.1 Å². The Balaban J connectivity index is 3.15. The third-order valence-electron chi connectivity index (χ3n) is 2.41. The summed E-state index contributed by atoms with van der Waals surface area (Å²) in [7, 11) is -2.77. The van der Waals surface area contributed by atoms with E-state index in [4.69, 9.17) is 4.74 Å². The van der Waals surface area contributed by atoms with Crippen molar-refractivity contribution in [2.75, 3.05) is 6.61 Å². The first kappa shape index (κ1) is 17.6. The van der Waals surface area contributed by atoms with E-state index in [-0.39, 0.29) is 6.61 Å². The van der Waals surface area contributed by atoms with Crippen molar-refractivity contribution in [1.29, 1.82) is 0 Å². The Kier molecular flexibility index (Phi) is 5.13. The van der Waals surface area contributed by atoms with E-state index < -0.39 is 37.9 Å². The summed E-state index contributed by atoms with van der Waals surface area (Å²) in [5.74, 6) is -2.05. The van der Waals surface area contributed by atoms with Crippen LogP contribution in [0, 0.1) is 5.82 Å². The molecule has 0 aromatic carbocycles. The molecule has 0 saturated heterocycles. The Bertz CT molecular complexity index is 632. The van der Waals surface area contributed by atoms with Crippen molar-refractivity contribution >= 4 is 16.0 Å². The Morgan fingerprint density at radius 2 is 2.00 bits per heavy atom. The standard InChI is InChI=1S/C12H20FN3O4S/c1-6-20-11(17)10-9(13)8(7-16(10)5)21(18,19)15-14-12(2,3)4/h7,14-15H,6H2,1-5H3. The number of hydrogen-bond donors (Lipinski definition) is 2. The molecule has 0 atom stereocenters. The monoisotopic (exact) mass is 321 g/mol. The molecule has 0 fully saturated rings. The zero-order chi connectivity index (χ0) is 16.4. The van der Waals surface area contributed by atoms with Gasteiger partial charge in [-0.1, -0.05) is 0 Å². The molecule has 0 spiro atoms. The molecule has 0 bridgehead atoms. The maximum atomic E-state index is 14.2. The fourth-order valence-corrected chi connectivity index (χ4v) is 2.64. The number of ether oxygens (including phenoxy) is 1. The van der Waals surface area contributed by atoms with Crippen LogP contribution in [-0.4, -0.2) is 31.1 Å². The number of aryl methyl sites for hydroxylation is 1. The molecule has 0 aliphatic rings. The third-order valence-corrected chi connectivity index (χ3v) is 3.64. The zero-order valence-electron chi connectivity index (χ0n) is 12.7. The molecule has 21 heavy (non-hydrogen) atoms. The zero-order valence-corrected chi connectivity index (χ0v) is 13.5. The molecule has 1 rings (SSSR count). The van der Waals surface area contributed by atoms with Gasteiger partial charge in [-0.3, -0.25) is 0 Å². The topological polar surface area (TPSA) is 89.4 Å². The van der Waals surface area contributed by atoms with E-state index in [9.17, 15) is 17.6 Å². The minimum Gasteiger partial charge on any atom is -0.461 e.